The zero-order valence-electron chi connectivity index (χ0n) is 16.6. The molecular formula is C18H13F6N5O5. The van der Waals surface area contributed by atoms with Crippen molar-refractivity contribution in [2.75, 3.05) is 5.43 Å². The molecule has 0 fully saturated rings. The van der Waals surface area contributed by atoms with Gasteiger partial charge in [0.1, 0.15) is 5.69 Å². The van der Waals surface area contributed by atoms with Crippen LogP contribution in [-0.4, -0.2) is 34.3 Å². The Morgan fingerprint density at radius 1 is 0.971 bits per heavy atom. The maximum atomic E-state index is 14.0. The summed E-state index contributed by atoms with van der Waals surface area (Å²) in [4.78, 5) is 31.4. The standard InChI is InChI=1S/C18H13F6N5O5/c19-17(20,21)15(30)26-16(18(22,23)24,11-4-2-1-3-5-11)8-9-25-27-13-7-6-12(28(31)32)10-14(13)29(33)34/h1-7,9-10,27H,8H2,(H,26,30)/b25-9+/t16-/m0/s1. The summed E-state index contributed by atoms with van der Waals surface area (Å²) in [5.74, 6) is -2.85. The number of benzene rings is 2. The van der Waals surface area contributed by atoms with Gasteiger partial charge < -0.3 is 5.32 Å². The summed E-state index contributed by atoms with van der Waals surface area (Å²) in [6.45, 7) is 0. The van der Waals surface area contributed by atoms with Gasteiger partial charge in [0.2, 0.25) is 0 Å². The Kier molecular flexibility index (Phi) is 7.43. The summed E-state index contributed by atoms with van der Waals surface area (Å²) < 4.78 is 80.4. The van der Waals surface area contributed by atoms with Crippen LogP contribution in [0.4, 0.5) is 43.4 Å². The molecule has 2 N–H and O–H groups in total. The molecule has 0 aliphatic heterocycles. The lowest BCUT2D eigenvalue weighted by molar-refractivity contribution is -0.393. The first-order valence-electron chi connectivity index (χ1n) is 8.91. The highest BCUT2D eigenvalue weighted by molar-refractivity contribution is 5.83. The molecule has 0 bridgehead atoms. The number of halogens is 6. The van der Waals surface area contributed by atoms with Crippen LogP contribution >= 0.6 is 0 Å². The van der Waals surface area contributed by atoms with Gasteiger partial charge in [-0.05, 0) is 11.6 Å². The molecule has 34 heavy (non-hydrogen) atoms. The largest absolute Gasteiger partial charge is 0.471 e. The van der Waals surface area contributed by atoms with E-state index in [1.807, 2.05) is 5.43 Å². The molecule has 16 heteroatoms. The number of rotatable bonds is 8. The van der Waals surface area contributed by atoms with Crippen molar-refractivity contribution < 1.29 is 41.0 Å². The van der Waals surface area contributed by atoms with Gasteiger partial charge in [0, 0.05) is 18.7 Å². The molecule has 0 aliphatic carbocycles. The van der Waals surface area contributed by atoms with Crippen LogP contribution in [0, 0.1) is 20.2 Å². The number of non-ortho nitro benzene ring substituents is 1. The van der Waals surface area contributed by atoms with Gasteiger partial charge >= 0.3 is 23.9 Å². The number of amides is 1. The zero-order valence-corrected chi connectivity index (χ0v) is 16.6. The van der Waals surface area contributed by atoms with Crippen LogP contribution in [0.3, 0.4) is 0 Å². The lowest BCUT2D eigenvalue weighted by Crippen LogP contribution is -2.59. The first-order chi connectivity index (χ1) is 15.7. The molecule has 0 saturated carbocycles. The van der Waals surface area contributed by atoms with E-state index in [0.717, 1.165) is 41.7 Å². The van der Waals surface area contributed by atoms with Crippen molar-refractivity contribution in [3.05, 3.63) is 74.3 Å². The van der Waals surface area contributed by atoms with Crippen molar-refractivity contribution in [2.24, 2.45) is 5.10 Å². The lowest BCUT2D eigenvalue weighted by Gasteiger charge is -2.36. The van der Waals surface area contributed by atoms with Crippen molar-refractivity contribution in [3.63, 3.8) is 0 Å². The van der Waals surface area contributed by atoms with E-state index in [2.05, 4.69) is 5.10 Å². The quantitative estimate of drug-likeness (QED) is 0.241. The molecule has 0 saturated heterocycles. The van der Waals surface area contributed by atoms with Gasteiger partial charge in [-0.15, -0.1) is 0 Å². The minimum Gasteiger partial charge on any atom is -0.330 e. The van der Waals surface area contributed by atoms with Crippen molar-refractivity contribution in [3.8, 4) is 0 Å². The Hall–Kier alpha value is -4.24. The second-order valence-corrected chi connectivity index (χ2v) is 6.56. The number of hydrazone groups is 1. The number of nitro benzene ring substituents is 2. The van der Waals surface area contributed by atoms with Crippen LogP contribution in [-0.2, 0) is 10.3 Å². The van der Waals surface area contributed by atoms with E-state index < -0.39 is 62.7 Å². The Bertz CT molecular complexity index is 1110. The van der Waals surface area contributed by atoms with E-state index in [1.54, 1.807) is 0 Å². The molecule has 0 unspecified atom stereocenters. The molecule has 2 aromatic carbocycles. The molecule has 0 heterocycles. The van der Waals surface area contributed by atoms with Gasteiger partial charge in [-0.25, -0.2) is 0 Å². The smallest absolute Gasteiger partial charge is 0.330 e. The number of nitrogens with zero attached hydrogens (tertiary/aromatic N) is 3. The van der Waals surface area contributed by atoms with Crippen LogP contribution in [0.25, 0.3) is 0 Å². The number of carbonyl (C=O) groups is 1. The van der Waals surface area contributed by atoms with Crippen LogP contribution in [0.15, 0.2) is 53.6 Å². The number of carbonyl (C=O) groups excluding carboxylic acids is 1. The van der Waals surface area contributed by atoms with E-state index in [4.69, 9.17) is 0 Å². The topological polar surface area (TPSA) is 140 Å². The van der Waals surface area contributed by atoms with Crippen LogP contribution in [0.1, 0.15) is 12.0 Å². The Balaban J connectivity index is 2.42. The number of hydrogen-bond donors (Lipinski definition) is 2. The Morgan fingerprint density at radius 2 is 1.59 bits per heavy atom. The molecule has 0 aromatic heterocycles. The minimum absolute atomic E-state index is 0.441. The lowest BCUT2D eigenvalue weighted by atomic mass is 9.86. The van der Waals surface area contributed by atoms with Gasteiger partial charge in [0.25, 0.3) is 5.69 Å². The van der Waals surface area contributed by atoms with E-state index in [1.165, 1.54) is 6.07 Å². The summed E-state index contributed by atoms with van der Waals surface area (Å²) in [6.07, 6.45) is -11.9. The SMILES string of the molecule is O=C(N[C@@](C/C=N/Nc1ccc([N+](=O)[O-])cc1[N+](=O)[O-])(c1ccccc1)C(F)(F)F)C(F)(F)F. The van der Waals surface area contributed by atoms with Crippen molar-refractivity contribution in [1.29, 1.82) is 0 Å². The van der Waals surface area contributed by atoms with Gasteiger partial charge in [-0.3, -0.25) is 30.4 Å². The monoisotopic (exact) mass is 493 g/mol. The van der Waals surface area contributed by atoms with Crippen molar-refractivity contribution in [2.45, 2.75) is 24.3 Å². The zero-order chi connectivity index (χ0) is 25.7. The van der Waals surface area contributed by atoms with E-state index >= 15 is 0 Å². The first-order valence-corrected chi connectivity index (χ1v) is 8.91. The Morgan fingerprint density at radius 3 is 2.09 bits per heavy atom. The Labute approximate surface area is 185 Å². The molecule has 0 radical (unpaired) electrons. The average Bonchev–Trinajstić information content (AvgIpc) is 2.74. The predicted molar refractivity (Wildman–Crippen MR) is 105 cm³/mol. The predicted octanol–water partition coefficient (Wildman–Crippen LogP) is 4.43. The van der Waals surface area contributed by atoms with Crippen LogP contribution in [0.2, 0.25) is 0 Å². The van der Waals surface area contributed by atoms with Crippen LogP contribution < -0.4 is 10.7 Å². The number of hydrogen-bond acceptors (Lipinski definition) is 7. The minimum atomic E-state index is -5.62. The molecule has 2 rings (SSSR count). The van der Waals surface area contributed by atoms with E-state index in [-0.39, 0.29) is 0 Å². The molecule has 0 aliphatic rings. The van der Waals surface area contributed by atoms with Crippen LogP contribution in [0.5, 0.6) is 0 Å². The highest BCUT2D eigenvalue weighted by Crippen LogP contribution is 2.42. The summed E-state index contributed by atoms with van der Waals surface area (Å²) in [7, 11) is 0. The molecule has 2 aromatic rings. The van der Waals surface area contributed by atoms with Crippen molar-refractivity contribution in [1.82, 2.24) is 5.32 Å². The van der Waals surface area contributed by atoms with Gasteiger partial charge in [0.15, 0.2) is 5.54 Å². The summed E-state index contributed by atoms with van der Waals surface area (Å²) in [5.41, 5.74) is -4.17. The fraction of sp³-hybridized carbons (Fsp3) is 0.222. The fourth-order valence-corrected chi connectivity index (χ4v) is 2.76. The molecule has 1 atom stereocenters. The second-order valence-electron chi connectivity index (χ2n) is 6.56. The third kappa shape index (κ3) is 5.76. The van der Waals surface area contributed by atoms with Gasteiger partial charge in [0.05, 0.1) is 15.9 Å². The fourth-order valence-electron chi connectivity index (χ4n) is 2.76. The maximum absolute atomic E-state index is 14.0. The number of alkyl halides is 6. The van der Waals surface area contributed by atoms with E-state index in [0.29, 0.717) is 12.3 Å². The molecule has 182 valence electrons. The molecule has 1 amide bonds. The average molecular weight is 493 g/mol. The summed E-state index contributed by atoms with van der Waals surface area (Å²) in [5, 5.41) is 26.2. The van der Waals surface area contributed by atoms with Gasteiger partial charge in [-0.2, -0.15) is 31.4 Å². The number of nitro groups is 2. The third-order valence-electron chi connectivity index (χ3n) is 4.40. The summed E-state index contributed by atoms with van der Waals surface area (Å²) >= 11 is 0. The molecular weight excluding hydrogens is 480 g/mol. The second kappa shape index (κ2) is 9.72. The third-order valence-corrected chi connectivity index (χ3v) is 4.40. The molecule has 0 spiro atoms. The summed E-state index contributed by atoms with van der Waals surface area (Å²) in [6, 6.07) is 7.55. The first kappa shape index (κ1) is 26.0. The normalized spacial score (nSPS) is 13.8. The number of nitrogens with one attached hydrogen (secondary N) is 2. The maximum Gasteiger partial charge on any atom is 0.471 e. The molecule has 10 nitrogen and oxygen atoms in total. The number of anilines is 1. The highest BCUT2D eigenvalue weighted by Gasteiger charge is 2.59. The van der Waals surface area contributed by atoms with Gasteiger partial charge in [-0.1, -0.05) is 30.3 Å². The highest BCUT2D eigenvalue weighted by atomic mass is 19.4. The van der Waals surface area contributed by atoms with E-state index in [9.17, 15) is 51.4 Å². The van der Waals surface area contributed by atoms with Crippen molar-refractivity contribution >= 4 is 29.2 Å².